The van der Waals surface area contributed by atoms with E-state index in [-0.39, 0.29) is 25.0 Å². The molecule has 1 unspecified atom stereocenters. The number of amides is 1. The van der Waals surface area contributed by atoms with Crippen molar-refractivity contribution in [1.29, 1.82) is 0 Å². The minimum absolute atomic E-state index is 0.227. The van der Waals surface area contributed by atoms with E-state index >= 15 is 0 Å². The Morgan fingerprint density at radius 1 is 1.25 bits per heavy atom. The van der Waals surface area contributed by atoms with E-state index in [2.05, 4.69) is 0 Å². The summed E-state index contributed by atoms with van der Waals surface area (Å²) >= 11 is 6.61. The lowest BCUT2D eigenvalue weighted by Gasteiger charge is -2.31. The molecule has 0 spiro atoms. The molecule has 8 heteroatoms. The van der Waals surface area contributed by atoms with Gasteiger partial charge in [0.2, 0.25) is 0 Å². The normalized spacial score (nSPS) is 16.4. The highest BCUT2D eigenvalue weighted by Crippen LogP contribution is 2.36. The monoisotopic (exact) mass is 460 g/mol. The number of hydrogen-bond acceptors (Lipinski definition) is 4. The van der Waals surface area contributed by atoms with Gasteiger partial charge in [-0.25, -0.2) is 9.18 Å². The van der Waals surface area contributed by atoms with E-state index in [1.54, 1.807) is 24.1 Å². The standard InChI is InChI=1S/C24H26ClFN2O4/c1-24(2,3)32-23(29)28-12-16-10-18(11-20(25)22(16)31-14-19(28)13-30-4)27-8-7-15-9-17(26)5-6-21(15)27/h5-11,19H,12-14H2,1-4H3. The molecule has 1 aromatic heterocycles. The van der Waals surface area contributed by atoms with Crippen LogP contribution in [-0.4, -0.2) is 47.5 Å². The summed E-state index contributed by atoms with van der Waals surface area (Å²) in [5.41, 5.74) is 1.75. The average molecular weight is 461 g/mol. The van der Waals surface area contributed by atoms with Gasteiger partial charge in [0, 0.05) is 29.9 Å². The van der Waals surface area contributed by atoms with Crippen LogP contribution in [0.3, 0.4) is 0 Å². The number of carbonyl (C=O) groups excluding carboxylic acids is 1. The summed E-state index contributed by atoms with van der Waals surface area (Å²) in [5.74, 6) is 0.242. The van der Waals surface area contributed by atoms with Crippen LogP contribution >= 0.6 is 11.6 Å². The second-order valence-electron chi connectivity index (χ2n) is 8.83. The molecule has 0 saturated heterocycles. The summed E-state index contributed by atoms with van der Waals surface area (Å²) in [6.07, 6.45) is 1.42. The van der Waals surface area contributed by atoms with E-state index in [1.165, 1.54) is 12.1 Å². The first-order chi connectivity index (χ1) is 15.2. The first kappa shape index (κ1) is 22.4. The molecule has 32 heavy (non-hydrogen) atoms. The quantitative estimate of drug-likeness (QED) is 0.513. The van der Waals surface area contributed by atoms with Crippen molar-refractivity contribution in [3.63, 3.8) is 0 Å². The van der Waals surface area contributed by atoms with Crippen LogP contribution in [0.1, 0.15) is 26.3 Å². The summed E-state index contributed by atoms with van der Waals surface area (Å²) in [4.78, 5) is 14.6. The number of fused-ring (bicyclic) bond motifs is 2. The second kappa shape index (κ2) is 8.64. The molecule has 1 aliphatic heterocycles. The fraction of sp³-hybridized carbons (Fsp3) is 0.375. The predicted octanol–water partition coefficient (Wildman–Crippen LogP) is 5.57. The zero-order chi connectivity index (χ0) is 23.0. The van der Waals surface area contributed by atoms with Gasteiger partial charge in [0.25, 0.3) is 0 Å². The van der Waals surface area contributed by atoms with E-state index in [9.17, 15) is 9.18 Å². The fourth-order valence-electron chi connectivity index (χ4n) is 3.84. The Balaban J connectivity index is 1.75. The van der Waals surface area contributed by atoms with Gasteiger partial charge in [-0.15, -0.1) is 0 Å². The van der Waals surface area contributed by atoms with Crippen molar-refractivity contribution in [3.8, 4) is 11.4 Å². The topological polar surface area (TPSA) is 52.9 Å². The van der Waals surface area contributed by atoms with Gasteiger partial charge in [0.1, 0.15) is 23.8 Å². The van der Waals surface area contributed by atoms with Gasteiger partial charge in [0.15, 0.2) is 0 Å². The number of nitrogens with zero attached hydrogens (tertiary/aromatic N) is 2. The molecule has 1 aliphatic rings. The maximum atomic E-state index is 13.6. The molecular formula is C24H26ClFN2O4. The Hall–Kier alpha value is -2.77. The lowest BCUT2D eigenvalue weighted by atomic mass is 10.1. The van der Waals surface area contributed by atoms with Gasteiger partial charge in [0.05, 0.1) is 29.7 Å². The molecular weight excluding hydrogens is 435 g/mol. The third kappa shape index (κ3) is 4.54. The summed E-state index contributed by atoms with van der Waals surface area (Å²) in [6, 6.07) is 9.87. The Kier molecular flexibility index (Phi) is 6.05. The lowest BCUT2D eigenvalue weighted by molar-refractivity contribution is -0.00105. The third-order valence-corrected chi connectivity index (χ3v) is 5.51. The van der Waals surface area contributed by atoms with Crippen molar-refractivity contribution in [2.75, 3.05) is 20.3 Å². The molecule has 2 heterocycles. The van der Waals surface area contributed by atoms with Crippen LogP contribution in [0.4, 0.5) is 9.18 Å². The number of methoxy groups -OCH3 is 1. The van der Waals surface area contributed by atoms with E-state index < -0.39 is 11.7 Å². The third-order valence-electron chi connectivity index (χ3n) is 5.22. The fourth-order valence-corrected chi connectivity index (χ4v) is 4.13. The number of benzene rings is 2. The molecule has 1 atom stereocenters. The smallest absolute Gasteiger partial charge is 0.411 e. The van der Waals surface area contributed by atoms with Crippen molar-refractivity contribution >= 4 is 28.6 Å². The van der Waals surface area contributed by atoms with Crippen LogP contribution in [0.2, 0.25) is 5.02 Å². The molecule has 3 aromatic rings. The molecule has 1 amide bonds. The number of halogens is 2. The zero-order valence-corrected chi connectivity index (χ0v) is 19.3. The van der Waals surface area contributed by atoms with Crippen LogP contribution in [0, 0.1) is 5.82 Å². The van der Waals surface area contributed by atoms with Gasteiger partial charge in [-0.05, 0) is 57.2 Å². The van der Waals surface area contributed by atoms with E-state index in [1.807, 2.05) is 43.7 Å². The molecule has 6 nitrogen and oxygen atoms in total. The summed E-state index contributed by atoms with van der Waals surface area (Å²) < 4.78 is 32.5. The average Bonchev–Trinajstić information content (AvgIpc) is 3.02. The van der Waals surface area contributed by atoms with Gasteiger partial charge in [-0.2, -0.15) is 0 Å². The molecule has 0 saturated carbocycles. The van der Waals surface area contributed by atoms with Crippen molar-refractivity contribution < 1.29 is 23.4 Å². The Labute approximate surface area is 191 Å². The van der Waals surface area contributed by atoms with Crippen molar-refractivity contribution in [1.82, 2.24) is 9.47 Å². The molecule has 0 aliphatic carbocycles. The second-order valence-corrected chi connectivity index (χ2v) is 9.24. The van der Waals surface area contributed by atoms with E-state index in [0.717, 1.165) is 22.2 Å². The van der Waals surface area contributed by atoms with Crippen molar-refractivity contribution in [3.05, 3.63) is 59.0 Å². The van der Waals surface area contributed by atoms with Crippen LogP contribution < -0.4 is 4.74 Å². The van der Waals surface area contributed by atoms with Crippen LogP contribution in [0.5, 0.6) is 5.75 Å². The van der Waals surface area contributed by atoms with Gasteiger partial charge in [-0.3, -0.25) is 4.90 Å². The number of aromatic nitrogens is 1. The van der Waals surface area contributed by atoms with E-state index in [4.69, 9.17) is 25.8 Å². The highest BCUT2D eigenvalue weighted by molar-refractivity contribution is 6.32. The van der Waals surface area contributed by atoms with E-state index in [0.29, 0.717) is 17.4 Å². The number of carbonyl (C=O) groups is 1. The highest BCUT2D eigenvalue weighted by Gasteiger charge is 2.33. The number of rotatable bonds is 3. The van der Waals surface area contributed by atoms with Gasteiger partial charge >= 0.3 is 6.09 Å². The first-order valence-corrected chi connectivity index (χ1v) is 10.7. The van der Waals surface area contributed by atoms with Crippen LogP contribution in [0.25, 0.3) is 16.6 Å². The van der Waals surface area contributed by atoms with Gasteiger partial charge < -0.3 is 18.8 Å². The maximum absolute atomic E-state index is 13.6. The largest absolute Gasteiger partial charge is 0.489 e. The Morgan fingerprint density at radius 2 is 2.03 bits per heavy atom. The van der Waals surface area contributed by atoms with Crippen LogP contribution in [0.15, 0.2) is 42.6 Å². The summed E-state index contributed by atoms with van der Waals surface area (Å²) in [7, 11) is 1.58. The molecule has 2 aromatic carbocycles. The molecule has 0 fully saturated rings. The minimum atomic E-state index is -0.635. The molecule has 0 bridgehead atoms. The first-order valence-electron chi connectivity index (χ1n) is 10.4. The Bertz CT molecular complexity index is 1150. The summed E-state index contributed by atoms with van der Waals surface area (Å²) in [6.45, 7) is 6.25. The number of hydrogen-bond donors (Lipinski definition) is 0. The summed E-state index contributed by atoms with van der Waals surface area (Å²) in [5, 5.41) is 1.21. The molecule has 0 N–H and O–H groups in total. The molecule has 170 valence electrons. The number of ether oxygens (including phenoxy) is 3. The van der Waals surface area contributed by atoms with Crippen LogP contribution in [-0.2, 0) is 16.0 Å². The molecule has 0 radical (unpaired) electrons. The highest BCUT2D eigenvalue weighted by atomic mass is 35.5. The minimum Gasteiger partial charge on any atom is -0.489 e. The molecule has 4 rings (SSSR count). The Morgan fingerprint density at radius 3 is 2.75 bits per heavy atom. The maximum Gasteiger partial charge on any atom is 0.411 e. The lowest BCUT2D eigenvalue weighted by Crippen LogP contribution is -2.46. The van der Waals surface area contributed by atoms with Crippen molar-refractivity contribution in [2.24, 2.45) is 0 Å². The predicted molar refractivity (Wildman–Crippen MR) is 121 cm³/mol. The van der Waals surface area contributed by atoms with Crippen molar-refractivity contribution in [2.45, 2.75) is 39.0 Å². The van der Waals surface area contributed by atoms with Gasteiger partial charge in [-0.1, -0.05) is 11.6 Å². The zero-order valence-electron chi connectivity index (χ0n) is 18.5. The SMILES string of the molecule is COCC1COc2c(Cl)cc(-n3ccc4cc(F)ccc43)cc2CN1C(=O)OC(C)(C)C.